The second-order valence-corrected chi connectivity index (χ2v) is 4.95. The van der Waals surface area contributed by atoms with E-state index in [1.807, 2.05) is 19.1 Å². The average molecular weight is 268 g/mol. The van der Waals surface area contributed by atoms with E-state index in [2.05, 4.69) is 0 Å². The van der Waals surface area contributed by atoms with E-state index in [4.69, 9.17) is 16.7 Å². The van der Waals surface area contributed by atoms with Gasteiger partial charge in [-0.3, -0.25) is 9.59 Å². The number of hydrogen-bond acceptors (Lipinski definition) is 2. The van der Waals surface area contributed by atoms with Gasteiger partial charge in [-0.2, -0.15) is 0 Å². The van der Waals surface area contributed by atoms with E-state index in [1.165, 1.54) is 0 Å². The van der Waals surface area contributed by atoms with Gasteiger partial charge in [-0.1, -0.05) is 23.7 Å². The number of rotatable bonds is 3. The van der Waals surface area contributed by atoms with E-state index in [0.717, 1.165) is 5.56 Å². The van der Waals surface area contributed by atoms with Crippen molar-refractivity contribution in [3.05, 3.63) is 34.9 Å². The molecule has 0 aromatic heterocycles. The summed E-state index contributed by atoms with van der Waals surface area (Å²) in [7, 11) is 0. The van der Waals surface area contributed by atoms with Crippen LogP contribution in [0.25, 0.3) is 0 Å². The van der Waals surface area contributed by atoms with Crippen LogP contribution >= 0.6 is 11.6 Å². The van der Waals surface area contributed by atoms with Crippen LogP contribution < -0.4 is 0 Å². The molecule has 5 heteroatoms. The van der Waals surface area contributed by atoms with Crippen molar-refractivity contribution in [2.45, 2.75) is 19.4 Å². The fraction of sp³-hybridized carbons (Fsp3) is 0.385. The molecule has 0 unspecified atom stereocenters. The Morgan fingerprint density at radius 1 is 1.44 bits per heavy atom. The number of amides is 1. The first-order chi connectivity index (χ1) is 8.49. The molecule has 1 aromatic rings. The lowest BCUT2D eigenvalue weighted by Crippen LogP contribution is -2.29. The highest BCUT2D eigenvalue weighted by Crippen LogP contribution is 2.29. The molecule has 18 heavy (non-hydrogen) atoms. The van der Waals surface area contributed by atoms with Crippen LogP contribution in [-0.4, -0.2) is 28.4 Å². The van der Waals surface area contributed by atoms with Crippen LogP contribution in [0, 0.1) is 5.92 Å². The number of hydrogen-bond donors (Lipinski definition) is 1. The molecule has 1 aliphatic heterocycles. The molecule has 0 saturated carbocycles. The normalized spacial score (nSPS) is 21.1. The van der Waals surface area contributed by atoms with Gasteiger partial charge in [0.05, 0.1) is 12.0 Å². The molecule has 4 nitrogen and oxygen atoms in total. The van der Waals surface area contributed by atoms with E-state index >= 15 is 0 Å². The Labute approximate surface area is 110 Å². The van der Waals surface area contributed by atoms with Crippen LogP contribution in [0.1, 0.15) is 24.9 Å². The van der Waals surface area contributed by atoms with Gasteiger partial charge in [0.2, 0.25) is 5.91 Å². The summed E-state index contributed by atoms with van der Waals surface area (Å²) in [4.78, 5) is 24.3. The standard InChI is InChI=1S/C13H14ClNO3/c1-8(9-2-4-11(14)5-3-9)15-7-10(13(17)18)6-12(15)16/h2-5,8,10H,6-7H2,1H3,(H,17,18)/t8-,10-/m0/s1. The van der Waals surface area contributed by atoms with Crippen molar-refractivity contribution in [3.63, 3.8) is 0 Å². The molecule has 0 spiro atoms. The Morgan fingerprint density at radius 3 is 2.56 bits per heavy atom. The Kier molecular flexibility index (Phi) is 3.57. The topological polar surface area (TPSA) is 57.6 Å². The van der Waals surface area contributed by atoms with E-state index in [0.29, 0.717) is 5.02 Å². The highest BCUT2D eigenvalue weighted by Gasteiger charge is 2.36. The first-order valence-electron chi connectivity index (χ1n) is 5.76. The lowest BCUT2D eigenvalue weighted by molar-refractivity contribution is -0.141. The number of nitrogens with zero attached hydrogens (tertiary/aromatic N) is 1. The molecule has 96 valence electrons. The first-order valence-corrected chi connectivity index (χ1v) is 6.14. The summed E-state index contributed by atoms with van der Waals surface area (Å²) in [5.41, 5.74) is 0.957. The number of carboxylic acid groups (broad SMARTS) is 1. The van der Waals surface area contributed by atoms with Crippen molar-refractivity contribution in [1.82, 2.24) is 4.90 Å². The zero-order valence-corrected chi connectivity index (χ0v) is 10.7. The van der Waals surface area contributed by atoms with Gasteiger partial charge in [0.15, 0.2) is 0 Å². The number of carbonyl (C=O) groups excluding carboxylic acids is 1. The van der Waals surface area contributed by atoms with Crippen LogP contribution in [0.2, 0.25) is 5.02 Å². The van der Waals surface area contributed by atoms with Crippen molar-refractivity contribution in [2.24, 2.45) is 5.92 Å². The fourth-order valence-corrected chi connectivity index (χ4v) is 2.32. The van der Waals surface area contributed by atoms with E-state index in [1.54, 1.807) is 17.0 Å². The number of halogens is 1. The van der Waals surface area contributed by atoms with Crippen LogP contribution in [0.4, 0.5) is 0 Å². The first kappa shape index (κ1) is 12.9. The minimum atomic E-state index is -0.908. The van der Waals surface area contributed by atoms with Crippen LogP contribution in [-0.2, 0) is 9.59 Å². The molecule has 1 amide bonds. The van der Waals surface area contributed by atoms with Gasteiger partial charge in [0, 0.05) is 18.0 Å². The molecular formula is C13H14ClNO3. The molecule has 1 heterocycles. The smallest absolute Gasteiger partial charge is 0.308 e. The minimum absolute atomic E-state index is 0.0905. The highest BCUT2D eigenvalue weighted by atomic mass is 35.5. The summed E-state index contributed by atoms with van der Waals surface area (Å²) in [6.07, 6.45) is 0.0905. The van der Waals surface area contributed by atoms with Crippen molar-refractivity contribution >= 4 is 23.5 Å². The molecule has 1 fully saturated rings. The second-order valence-electron chi connectivity index (χ2n) is 4.51. The predicted molar refractivity (Wildman–Crippen MR) is 67.3 cm³/mol. The van der Waals surface area contributed by atoms with Crippen molar-refractivity contribution in [3.8, 4) is 0 Å². The summed E-state index contributed by atoms with van der Waals surface area (Å²) in [6.45, 7) is 2.17. The van der Waals surface area contributed by atoms with Gasteiger partial charge < -0.3 is 10.0 Å². The van der Waals surface area contributed by atoms with Gasteiger partial charge >= 0.3 is 5.97 Å². The zero-order valence-electron chi connectivity index (χ0n) is 9.97. The quantitative estimate of drug-likeness (QED) is 0.914. The van der Waals surface area contributed by atoms with E-state index < -0.39 is 11.9 Å². The zero-order chi connectivity index (χ0) is 13.3. The molecule has 1 aromatic carbocycles. The third-order valence-corrected chi connectivity index (χ3v) is 3.58. The summed E-state index contributed by atoms with van der Waals surface area (Å²) in [5, 5.41) is 9.58. The lowest BCUT2D eigenvalue weighted by atomic mass is 10.1. The Bertz CT molecular complexity index is 472. The minimum Gasteiger partial charge on any atom is -0.481 e. The van der Waals surface area contributed by atoms with Gasteiger partial charge in [-0.05, 0) is 24.6 Å². The van der Waals surface area contributed by atoms with Crippen molar-refractivity contribution < 1.29 is 14.7 Å². The number of benzene rings is 1. The van der Waals surface area contributed by atoms with E-state index in [-0.39, 0.29) is 24.9 Å². The van der Waals surface area contributed by atoms with Gasteiger partial charge in [0.1, 0.15) is 0 Å². The Morgan fingerprint density at radius 2 is 2.06 bits per heavy atom. The number of aliphatic carboxylic acids is 1. The lowest BCUT2D eigenvalue weighted by Gasteiger charge is -2.25. The van der Waals surface area contributed by atoms with Crippen LogP contribution in [0.3, 0.4) is 0 Å². The summed E-state index contributed by atoms with van der Waals surface area (Å²) in [6, 6.07) is 7.12. The number of carbonyl (C=O) groups is 2. The predicted octanol–water partition coefficient (Wildman–Crippen LogP) is 2.33. The van der Waals surface area contributed by atoms with Gasteiger partial charge in [-0.15, -0.1) is 0 Å². The third-order valence-electron chi connectivity index (χ3n) is 3.33. The van der Waals surface area contributed by atoms with Crippen LogP contribution in [0.5, 0.6) is 0 Å². The fourth-order valence-electron chi connectivity index (χ4n) is 2.19. The third kappa shape index (κ3) is 2.48. The monoisotopic (exact) mass is 267 g/mol. The molecule has 0 aliphatic carbocycles. The highest BCUT2D eigenvalue weighted by molar-refractivity contribution is 6.30. The maximum Gasteiger partial charge on any atom is 0.308 e. The van der Waals surface area contributed by atoms with Gasteiger partial charge in [0.25, 0.3) is 0 Å². The van der Waals surface area contributed by atoms with Crippen LogP contribution in [0.15, 0.2) is 24.3 Å². The second kappa shape index (κ2) is 4.98. The molecular weight excluding hydrogens is 254 g/mol. The molecule has 1 N–H and O–H groups in total. The molecule has 2 rings (SSSR count). The molecule has 0 bridgehead atoms. The SMILES string of the molecule is C[C@@H](c1ccc(Cl)cc1)N1C[C@@H](C(=O)O)CC1=O. The molecule has 2 atom stereocenters. The maximum atomic E-state index is 11.8. The van der Waals surface area contributed by atoms with E-state index in [9.17, 15) is 9.59 Å². The summed E-state index contributed by atoms with van der Waals surface area (Å²) >= 11 is 5.81. The summed E-state index contributed by atoms with van der Waals surface area (Å²) < 4.78 is 0. The number of likely N-dealkylation sites (tertiary alicyclic amines) is 1. The largest absolute Gasteiger partial charge is 0.481 e. The van der Waals surface area contributed by atoms with Crippen molar-refractivity contribution in [1.29, 1.82) is 0 Å². The van der Waals surface area contributed by atoms with Crippen molar-refractivity contribution in [2.75, 3.05) is 6.54 Å². The van der Waals surface area contributed by atoms with Gasteiger partial charge in [-0.25, -0.2) is 0 Å². The Hall–Kier alpha value is -1.55. The molecule has 0 radical (unpaired) electrons. The average Bonchev–Trinajstić information content (AvgIpc) is 2.71. The number of carboxylic acids is 1. The maximum absolute atomic E-state index is 11.8. The molecule has 1 aliphatic rings. The summed E-state index contributed by atoms with van der Waals surface area (Å²) in [5.74, 6) is -1.61. The Balaban J connectivity index is 2.14. The molecule has 1 saturated heterocycles.